The Labute approximate surface area is 90.3 Å². The van der Waals surface area contributed by atoms with E-state index in [1.54, 1.807) is 0 Å². The van der Waals surface area contributed by atoms with Gasteiger partial charge in [0.15, 0.2) is 0 Å². The summed E-state index contributed by atoms with van der Waals surface area (Å²) in [6.45, 7) is 0. The molecule has 1 aromatic rings. The molecule has 2 atom stereocenters. The minimum absolute atomic E-state index is 0.194. The summed E-state index contributed by atoms with van der Waals surface area (Å²) in [4.78, 5) is 10.5. The van der Waals surface area contributed by atoms with E-state index in [-0.39, 0.29) is 11.1 Å². The second-order valence-electron chi connectivity index (χ2n) is 3.28. The number of carbonyl (C=O) groups is 1. The van der Waals surface area contributed by atoms with E-state index in [0.29, 0.717) is 0 Å². The van der Waals surface area contributed by atoms with Gasteiger partial charge in [0.05, 0.1) is 0 Å². The first-order valence-corrected chi connectivity index (χ1v) is 4.48. The molecule has 1 aromatic carbocycles. The Bertz CT molecular complexity index is 367. The first kappa shape index (κ1) is 12.5. The predicted molar refractivity (Wildman–Crippen MR) is 52.0 cm³/mol. The molecule has 0 spiro atoms. The van der Waals surface area contributed by atoms with Crippen LogP contribution in [-0.4, -0.2) is 22.2 Å². The lowest BCUT2D eigenvalue weighted by Gasteiger charge is -2.15. The zero-order valence-electron chi connectivity index (χ0n) is 8.18. The SMILES string of the molecule is NC(C(=O)O)C(O)c1ccc(C(F)F)cc1. The number of carboxylic acid groups (broad SMARTS) is 1. The van der Waals surface area contributed by atoms with Crippen LogP contribution in [0.3, 0.4) is 0 Å². The van der Waals surface area contributed by atoms with Crippen molar-refractivity contribution in [2.45, 2.75) is 18.6 Å². The van der Waals surface area contributed by atoms with E-state index in [9.17, 15) is 18.7 Å². The summed E-state index contributed by atoms with van der Waals surface area (Å²) in [7, 11) is 0. The zero-order valence-corrected chi connectivity index (χ0v) is 8.18. The Morgan fingerprint density at radius 3 is 2.00 bits per heavy atom. The summed E-state index contributed by atoms with van der Waals surface area (Å²) in [5.41, 5.74) is 5.19. The van der Waals surface area contributed by atoms with Crippen LogP contribution in [0.15, 0.2) is 24.3 Å². The molecule has 0 aliphatic heterocycles. The second kappa shape index (κ2) is 5.00. The molecule has 16 heavy (non-hydrogen) atoms. The molecule has 6 heteroatoms. The number of nitrogens with two attached hydrogens (primary N) is 1. The van der Waals surface area contributed by atoms with E-state index in [0.717, 1.165) is 12.1 Å². The van der Waals surface area contributed by atoms with Crippen molar-refractivity contribution in [2.75, 3.05) is 0 Å². The fourth-order valence-electron chi connectivity index (χ4n) is 1.18. The van der Waals surface area contributed by atoms with Gasteiger partial charge in [-0.05, 0) is 5.56 Å². The van der Waals surface area contributed by atoms with Gasteiger partial charge in [0.2, 0.25) is 0 Å². The average molecular weight is 231 g/mol. The van der Waals surface area contributed by atoms with E-state index in [1.165, 1.54) is 12.1 Å². The molecule has 0 fully saturated rings. The number of aliphatic carboxylic acids is 1. The van der Waals surface area contributed by atoms with Crippen molar-refractivity contribution in [3.8, 4) is 0 Å². The largest absolute Gasteiger partial charge is 0.480 e. The van der Waals surface area contributed by atoms with Crippen molar-refractivity contribution < 1.29 is 23.8 Å². The van der Waals surface area contributed by atoms with Crippen LogP contribution in [0.25, 0.3) is 0 Å². The quantitative estimate of drug-likeness (QED) is 0.723. The molecule has 1 rings (SSSR count). The number of rotatable bonds is 4. The smallest absolute Gasteiger partial charge is 0.323 e. The van der Waals surface area contributed by atoms with Gasteiger partial charge in [0.25, 0.3) is 6.43 Å². The Morgan fingerprint density at radius 2 is 1.62 bits per heavy atom. The van der Waals surface area contributed by atoms with Crippen LogP contribution < -0.4 is 5.73 Å². The average Bonchev–Trinajstić information content (AvgIpc) is 2.27. The summed E-state index contributed by atoms with van der Waals surface area (Å²) in [5.74, 6) is -1.36. The third-order valence-electron chi connectivity index (χ3n) is 2.16. The molecule has 0 aliphatic rings. The van der Waals surface area contributed by atoms with E-state index < -0.39 is 24.5 Å². The molecule has 0 amide bonds. The highest BCUT2D eigenvalue weighted by molar-refractivity contribution is 5.74. The molecule has 0 aromatic heterocycles. The second-order valence-corrected chi connectivity index (χ2v) is 3.28. The molecule has 0 radical (unpaired) electrons. The molecule has 0 saturated carbocycles. The number of alkyl halides is 2. The van der Waals surface area contributed by atoms with Crippen molar-refractivity contribution in [1.82, 2.24) is 0 Å². The van der Waals surface area contributed by atoms with Gasteiger partial charge in [-0.1, -0.05) is 24.3 Å². The van der Waals surface area contributed by atoms with Crippen LogP contribution in [0, 0.1) is 0 Å². The van der Waals surface area contributed by atoms with E-state index >= 15 is 0 Å². The van der Waals surface area contributed by atoms with E-state index in [4.69, 9.17) is 10.8 Å². The minimum Gasteiger partial charge on any atom is -0.480 e. The van der Waals surface area contributed by atoms with Crippen LogP contribution in [0.2, 0.25) is 0 Å². The van der Waals surface area contributed by atoms with Crippen LogP contribution in [0.5, 0.6) is 0 Å². The van der Waals surface area contributed by atoms with Crippen LogP contribution in [0.1, 0.15) is 23.7 Å². The normalized spacial score (nSPS) is 14.8. The molecular weight excluding hydrogens is 220 g/mol. The van der Waals surface area contributed by atoms with Gasteiger partial charge in [-0.15, -0.1) is 0 Å². The fraction of sp³-hybridized carbons (Fsp3) is 0.300. The summed E-state index contributed by atoms with van der Waals surface area (Å²) >= 11 is 0. The van der Waals surface area contributed by atoms with Gasteiger partial charge < -0.3 is 15.9 Å². The van der Waals surface area contributed by atoms with Gasteiger partial charge in [0.1, 0.15) is 12.1 Å². The molecule has 2 unspecified atom stereocenters. The Balaban J connectivity index is 2.85. The van der Waals surface area contributed by atoms with Crippen molar-refractivity contribution in [2.24, 2.45) is 5.73 Å². The maximum Gasteiger partial charge on any atom is 0.323 e. The van der Waals surface area contributed by atoms with Gasteiger partial charge >= 0.3 is 5.97 Å². The summed E-state index contributed by atoms with van der Waals surface area (Å²) in [6, 6.07) is 3.23. The number of hydrogen-bond acceptors (Lipinski definition) is 3. The minimum atomic E-state index is -2.60. The Hall–Kier alpha value is -1.53. The maximum atomic E-state index is 12.2. The van der Waals surface area contributed by atoms with Crippen LogP contribution >= 0.6 is 0 Å². The highest BCUT2D eigenvalue weighted by Gasteiger charge is 2.23. The summed E-state index contributed by atoms with van der Waals surface area (Å²) in [6.07, 6.45) is -4.01. The Kier molecular flexibility index (Phi) is 3.92. The Morgan fingerprint density at radius 1 is 1.19 bits per heavy atom. The lowest BCUT2D eigenvalue weighted by molar-refractivity contribution is -0.141. The van der Waals surface area contributed by atoms with Gasteiger partial charge in [-0.3, -0.25) is 4.79 Å². The third kappa shape index (κ3) is 2.74. The number of aliphatic hydroxyl groups is 1. The van der Waals surface area contributed by atoms with Crippen LogP contribution in [-0.2, 0) is 4.79 Å². The predicted octanol–water partition coefficient (Wildman–Crippen LogP) is 1.07. The fourth-order valence-corrected chi connectivity index (χ4v) is 1.18. The van der Waals surface area contributed by atoms with Gasteiger partial charge in [-0.2, -0.15) is 0 Å². The zero-order chi connectivity index (χ0) is 12.3. The van der Waals surface area contributed by atoms with Crippen molar-refractivity contribution in [3.63, 3.8) is 0 Å². The van der Waals surface area contributed by atoms with Crippen LogP contribution in [0.4, 0.5) is 8.78 Å². The number of benzene rings is 1. The van der Waals surface area contributed by atoms with Gasteiger partial charge in [-0.25, -0.2) is 8.78 Å². The standard InChI is InChI=1S/C10H11F2NO3/c11-9(12)6-3-1-5(2-4-6)8(14)7(13)10(15)16/h1-4,7-9,14H,13H2,(H,15,16). The topological polar surface area (TPSA) is 83.6 Å². The molecule has 0 saturated heterocycles. The van der Waals surface area contributed by atoms with Crippen molar-refractivity contribution in [3.05, 3.63) is 35.4 Å². The molecular formula is C10H11F2NO3. The monoisotopic (exact) mass is 231 g/mol. The molecule has 0 aliphatic carbocycles. The lowest BCUT2D eigenvalue weighted by Crippen LogP contribution is -2.36. The lowest BCUT2D eigenvalue weighted by atomic mass is 10.0. The third-order valence-corrected chi connectivity index (χ3v) is 2.16. The summed E-state index contributed by atoms with van der Waals surface area (Å²) in [5, 5.41) is 18.0. The van der Waals surface area contributed by atoms with Crippen molar-refractivity contribution >= 4 is 5.97 Å². The highest BCUT2D eigenvalue weighted by atomic mass is 19.3. The maximum absolute atomic E-state index is 12.2. The van der Waals surface area contributed by atoms with E-state index in [1.807, 2.05) is 0 Å². The molecule has 4 N–H and O–H groups in total. The number of halogens is 2. The number of carboxylic acids is 1. The summed E-state index contributed by atoms with van der Waals surface area (Å²) < 4.78 is 24.4. The molecule has 88 valence electrons. The number of aliphatic hydroxyl groups excluding tert-OH is 1. The number of hydrogen-bond donors (Lipinski definition) is 3. The molecule has 4 nitrogen and oxygen atoms in total. The molecule has 0 bridgehead atoms. The first-order valence-electron chi connectivity index (χ1n) is 4.48. The van der Waals surface area contributed by atoms with Gasteiger partial charge in [0, 0.05) is 5.56 Å². The first-order chi connectivity index (χ1) is 7.43. The molecule has 0 heterocycles. The highest BCUT2D eigenvalue weighted by Crippen LogP contribution is 2.22. The van der Waals surface area contributed by atoms with E-state index in [2.05, 4.69) is 0 Å². The van der Waals surface area contributed by atoms with Crippen molar-refractivity contribution in [1.29, 1.82) is 0 Å².